The lowest BCUT2D eigenvalue weighted by Crippen LogP contribution is -2.13. The van der Waals surface area contributed by atoms with Gasteiger partial charge in [0.15, 0.2) is 0 Å². The Morgan fingerprint density at radius 1 is 1.55 bits per heavy atom. The molecule has 11 heavy (non-hydrogen) atoms. The van der Waals surface area contributed by atoms with Gasteiger partial charge in [0.2, 0.25) is 5.24 Å². The normalized spacial score (nSPS) is 10.2. The fourth-order valence-corrected chi connectivity index (χ4v) is 0.801. The van der Waals surface area contributed by atoms with E-state index < -0.39 is 5.24 Å². The Bertz CT molecular complexity index is 154. The topological polar surface area (TPSA) is 20.3 Å². The van der Waals surface area contributed by atoms with E-state index in [-0.39, 0.29) is 0 Å². The van der Waals surface area contributed by atoms with Gasteiger partial charge in [-0.25, -0.2) is 0 Å². The molecule has 0 radical (unpaired) electrons. The Morgan fingerprint density at radius 2 is 2.09 bits per heavy atom. The predicted octanol–water partition coefficient (Wildman–Crippen LogP) is 1.65. The molecule has 0 saturated heterocycles. The number of halogens is 1. The van der Waals surface area contributed by atoms with Crippen LogP contribution in [0.4, 0.5) is 0 Å². The number of hydrogen-bond donors (Lipinski definition) is 0. The number of carbonyl (C=O) groups excluding carboxylic acids is 1. The second-order valence-electron chi connectivity index (χ2n) is 2.78. The molecule has 3 heteroatoms. The van der Waals surface area contributed by atoms with Crippen LogP contribution >= 0.6 is 11.6 Å². The van der Waals surface area contributed by atoms with Crippen molar-refractivity contribution in [2.75, 3.05) is 20.6 Å². The summed E-state index contributed by atoms with van der Waals surface area (Å²) in [6.07, 6.45) is 1.63. The molecule has 2 nitrogen and oxygen atoms in total. The van der Waals surface area contributed by atoms with Crippen molar-refractivity contribution in [1.82, 2.24) is 4.90 Å². The minimum Gasteiger partial charge on any atom is -0.309 e. The second-order valence-corrected chi connectivity index (χ2v) is 3.13. The first-order valence-corrected chi connectivity index (χ1v) is 3.94. The molecule has 0 aliphatic carbocycles. The third-order valence-electron chi connectivity index (χ3n) is 1.36. The zero-order valence-electron chi connectivity index (χ0n) is 7.06. The molecular weight excluding hydrogens is 162 g/mol. The maximum atomic E-state index is 10.5. The van der Waals surface area contributed by atoms with E-state index in [1.807, 2.05) is 14.1 Å². The molecule has 0 aromatic rings. The molecule has 0 bridgehead atoms. The molecule has 64 valence electrons. The Balaban J connectivity index is 3.40. The quantitative estimate of drug-likeness (QED) is 0.468. The molecule has 0 fully saturated rings. The van der Waals surface area contributed by atoms with Gasteiger partial charge in [0.1, 0.15) is 0 Å². The number of hydrogen-bond acceptors (Lipinski definition) is 2. The average Bonchev–Trinajstić information content (AvgIpc) is 1.86. The molecule has 0 heterocycles. The van der Waals surface area contributed by atoms with Crippen LogP contribution in [0.1, 0.15) is 12.8 Å². The summed E-state index contributed by atoms with van der Waals surface area (Å²) in [4.78, 5) is 12.5. The van der Waals surface area contributed by atoms with Crippen LogP contribution in [0.15, 0.2) is 12.2 Å². The molecule has 0 saturated carbocycles. The van der Waals surface area contributed by atoms with Gasteiger partial charge in [0.25, 0.3) is 0 Å². The van der Waals surface area contributed by atoms with Gasteiger partial charge in [0.05, 0.1) is 0 Å². The van der Waals surface area contributed by atoms with E-state index in [0.29, 0.717) is 12.0 Å². The van der Waals surface area contributed by atoms with E-state index in [0.717, 1.165) is 13.0 Å². The average molecular weight is 176 g/mol. The van der Waals surface area contributed by atoms with Crippen LogP contribution in [0.25, 0.3) is 0 Å². The highest BCUT2D eigenvalue weighted by Gasteiger charge is 2.01. The molecule has 0 amide bonds. The minimum absolute atomic E-state index is 0.413. The maximum absolute atomic E-state index is 10.5. The molecule has 0 N–H and O–H groups in total. The van der Waals surface area contributed by atoms with Crippen LogP contribution in [0.2, 0.25) is 0 Å². The van der Waals surface area contributed by atoms with Gasteiger partial charge in [-0.05, 0) is 45.1 Å². The summed E-state index contributed by atoms with van der Waals surface area (Å²) >= 11 is 5.19. The molecule has 0 aromatic heterocycles. The molecule has 0 spiro atoms. The molecule has 0 aromatic carbocycles. The molecule has 0 aliphatic heterocycles. The van der Waals surface area contributed by atoms with E-state index in [1.165, 1.54) is 0 Å². The summed E-state index contributed by atoms with van der Waals surface area (Å²) in [6.45, 7) is 4.51. The van der Waals surface area contributed by atoms with Gasteiger partial charge in [-0.15, -0.1) is 0 Å². The summed E-state index contributed by atoms with van der Waals surface area (Å²) in [5, 5.41) is -0.413. The van der Waals surface area contributed by atoms with E-state index in [4.69, 9.17) is 11.6 Å². The standard InChI is InChI=1S/C8H14ClNO/c1-7(8(9)11)5-4-6-10(2)3/h1,4-6H2,2-3H3. The first-order chi connectivity index (χ1) is 5.04. The van der Waals surface area contributed by atoms with Crippen molar-refractivity contribution < 1.29 is 4.79 Å². The van der Waals surface area contributed by atoms with Gasteiger partial charge in [-0.1, -0.05) is 6.58 Å². The van der Waals surface area contributed by atoms with Gasteiger partial charge in [-0.2, -0.15) is 0 Å². The largest absolute Gasteiger partial charge is 0.309 e. The first kappa shape index (κ1) is 10.7. The molecule has 0 aliphatic rings. The summed E-state index contributed by atoms with van der Waals surface area (Å²) in [6, 6.07) is 0. The van der Waals surface area contributed by atoms with Gasteiger partial charge in [-0.3, -0.25) is 4.79 Å². The van der Waals surface area contributed by atoms with Gasteiger partial charge in [0, 0.05) is 5.57 Å². The highest BCUT2D eigenvalue weighted by molar-refractivity contribution is 6.67. The third-order valence-corrected chi connectivity index (χ3v) is 1.63. The van der Waals surface area contributed by atoms with Crippen LogP contribution in [0.5, 0.6) is 0 Å². The lowest BCUT2D eigenvalue weighted by Gasteiger charge is -2.08. The molecule has 0 atom stereocenters. The predicted molar refractivity (Wildman–Crippen MR) is 47.8 cm³/mol. The fraction of sp³-hybridized carbons (Fsp3) is 0.625. The first-order valence-electron chi connectivity index (χ1n) is 3.56. The number of rotatable bonds is 5. The van der Waals surface area contributed by atoms with Crippen molar-refractivity contribution >= 4 is 16.8 Å². The van der Waals surface area contributed by atoms with Crippen LogP contribution in [0, 0.1) is 0 Å². The van der Waals surface area contributed by atoms with Gasteiger partial charge < -0.3 is 4.90 Å². The van der Waals surface area contributed by atoms with Crippen molar-refractivity contribution in [1.29, 1.82) is 0 Å². The van der Waals surface area contributed by atoms with E-state index in [2.05, 4.69) is 11.5 Å². The summed E-state index contributed by atoms with van der Waals surface area (Å²) in [5.41, 5.74) is 0.508. The lowest BCUT2D eigenvalue weighted by atomic mass is 10.2. The van der Waals surface area contributed by atoms with E-state index in [1.54, 1.807) is 0 Å². The minimum atomic E-state index is -0.413. The Morgan fingerprint density at radius 3 is 2.45 bits per heavy atom. The van der Waals surface area contributed by atoms with Crippen LogP contribution in [-0.2, 0) is 4.79 Å². The lowest BCUT2D eigenvalue weighted by molar-refractivity contribution is -0.108. The maximum Gasteiger partial charge on any atom is 0.247 e. The molecular formula is C8H14ClNO. The van der Waals surface area contributed by atoms with Crippen molar-refractivity contribution in [3.63, 3.8) is 0 Å². The summed E-state index contributed by atoms with van der Waals surface area (Å²) in [7, 11) is 3.98. The number of allylic oxidation sites excluding steroid dienone is 1. The van der Waals surface area contributed by atoms with Gasteiger partial charge >= 0.3 is 0 Å². The molecule has 0 unspecified atom stereocenters. The number of carbonyl (C=O) groups is 1. The Hall–Kier alpha value is -0.340. The van der Waals surface area contributed by atoms with Crippen molar-refractivity contribution in [3.05, 3.63) is 12.2 Å². The number of nitrogens with zero attached hydrogens (tertiary/aromatic N) is 1. The van der Waals surface area contributed by atoms with Crippen molar-refractivity contribution in [2.45, 2.75) is 12.8 Å². The SMILES string of the molecule is C=C(CCCN(C)C)C(=O)Cl. The highest BCUT2D eigenvalue weighted by atomic mass is 35.5. The van der Waals surface area contributed by atoms with E-state index >= 15 is 0 Å². The van der Waals surface area contributed by atoms with Crippen molar-refractivity contribution in [3.8, 4) is 0 Å². The van der Waals surface area contributed by atoms with Crippen LogP contribution in [0.3, 0.4) is 0 Å². The zero-order valence-corrected chi connectivity index (χ0v) is 7.82. The van der Waals surface area contributed by atoms with Crippen molar-refractivity contribution in [2.24, 2.45) is 0 Å². The monoisotopic (exact) mass is 175 g/mol. The Labute approximate surface area is 72.8 Å². The summed E-state index contributed by atoms with van der Waals surface area (Å²) < 4.78 is 0. The Kier molecular flexibility index (Phi) is 5.16. The second kappa shape index (κ2) is 5.33. The summed E-state index contributed by atoms with van der Waals surface area (Å²) in [5.74, 6) is 0. The zero-order chi connectivity index (χ0) is 8.85. The van der Waals surface area contributed by atoms with Crippen LogP contribution in [-0.4, -0.2) is 30.8 Å². The smallest absolute Gasteiger partial charge is 0.247 e. The fourth-order valence-electron chi connectivity index (χ4n) is 0.707. The third kappa shape index (κ3) is 6.07. The van der Waals surface area contributed by atoms with Crippen LogP contribution < -0.4 is 0 Å². The van der Waals surface area contributed by atoms with E-state index in [9.17, 15) is 4.79 Å². The highest BCUT2D eigenvalue weighted by Crippen LogP contribution is 2.05. The molecule has 0 rings (SSSR count).